The van der Waals surface area contributed by atoms with Gasteiger partial charge in [0, 0.05) is 32.1 Å². The average Bonchev–Trinajstić information content (AvgIpc) is 2.77. The SMILES string of the molecule is CN(CCO)C1CCC(=O)N(Cc2ccc3ccccc3c2)CC1. The Morgan fingerprint density at radius 3 is 2.75 bits per heavy atom. The van der Waals surface area contributed by atoms with Gasteiger partial charge in [0.05, 0.1) is 6.61 Å². The lowest BCUT2D eigenvalue weighted by atomic mass is 10.1. The molecule has 4 nitrogen and oxygen atoms in total. The number of carbonyl (C=O) groups is 1. The first-order valence-electron chi connectivity index (χ1n) is 8.74. The summed E-state index contributed by atoms with van der Waals surface area (Å²) in [5.74, 6) is 0.239. The number of likely N-dealkylation sites (N-methyl/N-ethyl adjacent to an activating group) is 1. The zero-order chi connectivity index (χ0) is 16.9. The number of benzene rings is 2. The lowest BCUT2D eigenvalue weighted by Gasteiger charge is -2.26. The van der Waals surface area contributed by atoms with E-state index in [4.69, 9.17) is 5.11 Å². The summed E-state index contributed by atoms with van der Waals surface area (Å²) in [4.78, 5) is 16.6. The second-order valence-electron chi connectivity index (χ2n) is 6.68. The van der Waals surface area contributed by atoms with Gasteiger partial charge in [-0.3, -0.25) is 4.79 Å². The number of rotatable bonds is 5. The minimum atomic E-state index is 0.168. The molecule has 24 heavy (non-hydrogen) atoms. The molecule has 0 aromatic heterocycles. The molecule has 1 saturated heterocycles. The van der Waals surface area contributed by atoms with Crippen molar-refractivity contribution in [2.75, 3.05) is 26.7 Å². The molecule has 1 heterocycles. The molecule has 1 atom stereocenters. The second kappa shape index (κ2) is 7.77. The molecule has 3 rings (SSSR count). The van der Waals surface area contributed by atoms with Gasteiger partial charge in [0.15, 0.2) is 0 Å². The minimum Gasteiger partial charge on any atom is -0.395 e. The maximum Gasteiger partial charge on any atom is 0.222 e. The van der Waals surface area contributed by atoms with E-state index in [1.54, 1.807) is 0 Å². The van der Waals surface area contributed by atoms with E-state index < -0.39 is 0 Å². The number of hydrogen-bond acceptors (Lipinski definition) is 3. The molecule has 1 amide bonds. The Balaban J connectivity index is 1.68. The van der Waals surface area contributed by atoms with Crippen LogP contribution in [-0.4, -0.2) is 53.6 Å². The van der Waals surface area contributed by atoms with Crippen LogP contribution >= 0.6 is 0 Å². The summed E-state index contributed by atoms with van der Waals surface area (Å²) in [6.07, 6.45) is 2.44. The van der Waals surface area contributed by atoms with Crippen LogP contribution in [-0.2, 0) is 11.3 Å². The summed E-state index contributed by atoms with van der Waals surface area (Å²) >= 11 is 0. The Labute approximate surface area is 143 Å². The molecule has 0 aliphatic carbocycles. The fourth-order valence-corrected chi connectivity index (χ4v) is 3.53. The van der Waals surface area contributed by atoms with Gasteiger partial charge in [0.1, 0.15) is 0 Å². The zero-order valence-corrected chi connectivity index (χ0v) is 14.3. The van der Waals surface area contributed by atoms with Crippen LogP contribution in [0.1, 0.15) is 24.8 Å². The smallest absolute Gasteiger partial charge is 0.222 e. The van der Waals surface area contributed by atoms with E-state index >= 15 is 0 Å². The highest BCUT2D eigenvalue weighted by Crippen LogP contribution is 2.21. The van der Waals surface area contributed by atoms with Crippen molar-refractivity contribution in [1.82, 2.24) is 9.80 Å². The molecule has 1 N–H and O–H groups in total. The fraction of sp³-hybridized carbons (Fsp3) is 0.450. The van der Waals surface area contributed by atoms with E-state index in [1.807, 2.05) is 24.1 Å². The number of aliphatic hydroxyl groups excluding tert-OH is 1. The third-order valence-corrected chi connectivity index (χ3v) is 5.04. The van der Waals surface area contributed by atoms with Crippen LogP contribution in [0.25, 0.3) is 10.8 Å². The molecule has 1 aliphatic rings. The van der Waals surface area contributed by atoms with Crippen LogP contribution < -0.4 is 0 Å². The number of hydrogen-bond donors (Lipinski definition) is 1. The predicted molar refractivity (Wildman–Crippen MR) is 96.7 cm³/mol. The van der Waals surface area contributed by atoms with E-state index in [2.05, 4.69) is 35.2 Å². The van der Waals surface area contributed by atoms with Gasteiger partial charge in [-0.05, 0) is 42.3 Å². The molecule has 0 bridgehead atoms. The molecule has 0 radical (unpaired) electrons. The summed E-state index contributed by atoms with van der Waals surface area (Å²) in [5, 5.41) is 11.6. The number of aliphatic hydroxyl groups is 1. The van der Waals surface area contributed by atoms with Gasteiger partial charge in [-0.1, -0.05) is 36.4 Å². The molecular formula is C20H26N2O2. The summed E-state index contributed by atoms with van der Waals surface area (Å²) < 4.78 is 0. The molecule has 0 spiro atoms. The van der Waals surface area contributed by atoms with Crippen molar-refractivity contribution >= 4 is 16.7 Å². The lowest BCUT2D eigenvalue weighted by Crippen LogP contribution is -2.35. The predicted octanol–water partition coefficient (Wildman–Crippen LogP) is 2.65. The highest BCUT2D eigenvalue weighted by molar-refractivity contribution is 5.83. The third-order valence-electron chi connectivity index (χ3n) is 5.04. The molecule has 1 aliphatic heterocycles. The first-order valence-corrected chi connectivity index (χ1v) is 8.74. The maximum atomic E-state index is 12.5. The topological polar surface area (TPSA) is 43.8 Å². The van der Waals surface area contributed by atoms with Gasteiger partial charge in [0.25, 0.3) is 0 Å². The summed E-state index contributed by atoms with van der Waals surface area (Å²) in [6.45, 7) is 2.30. The Morgan fingerprint density at radius 2 is 1.96 bits per heavy atom. The summed E-state index contributed by atoms with van der Waals surface area (Å²) in [7, 11) is 2.03. The summed E-state index contributed by atoms with van der Waals surface area (Å²) in [6, 6.07) is 15.1. The van der Waals surface area contributed by atoms with Gasteiger partial charge in [0.2, 0.25) is 5.91 Å². The monoisotopic (exact) mass is 326 g/mol. The van der Waals surface area contributed by atoms with Crippen molar-refractivity contribution in [3.8, 4) is 0 Å². The van der Waals surface area contributed by atoms with Crippen molar-refractivity contribution in [3.63, 3.8) is 0 Å². The van der Waals surface area contributed by atoms with Crippen LogP contribution in [0.3, 0.4) is 0 Å². The average molecular weight is 326 g/mol. The van der Waals surface area contributed by atoms with Crippen molar-refractivity contribution in [2.24, 2.45) is 0 Å². The van der Waals surface area contributed by atoms with E-state index in [0.717, 1.165) is 19.4 Å². The largest absolute Gasteiger partial charge is 0.395 e. The molecule has 1 unspecified atom stereocenters. The van der Waals surface area contributed by atoms with Crippen molar-refractivity contribution in [1.29, 1.82) is 0 Å². The number of fused-ring (bicyclic) bond motifs is 1. The maximum absolute atomic E-state index is 12.5. The van der Waals surface area contributed by atoms with Crippen LogP contribution in [0.5, 0.6) is 0 Å². The fourth-order valence-electron chi connectivity index (χ4n) is 3.53. The highest BCUT2D eigenvalue weighted by atomic mass is 16.3. The Kier molecular flexibility index (Phi) is 5.48. The number of likely N-dealkylation sites (tertiary alicyclic amines) is 1. The van der Waals surface area contributed by atoms with Crippen molar-refractivity contribution in [2.45, 2.75) is 31.8 Å². The van der Waals surface area contributed by atoms with Gasteiger partial charge in [-0.2, -0.15) is 0 Å². The van der Waals surface area contributed by atoms with Crippen LogP contribution in [0.15, 0.2) is 42.5 Å². The molecule has 2 aromatic rings. The van der Waals surface area contributed by atoms with Gasteiger partial charge in [-0.15, -0.1) is 0 Å². The Morgan fingerprint density at radius 1 is 1.17 bits per heavy atom. The molecule has 128 valence electrons. The first-order chi connectivity index (χ1) is 11.7. The molecular weight excluding hydrogens is 300 g/mol. The summed E-state index contributed by atoms with van der Waals surface area (Å²) in [5.41, 5.74) is 1.18. The van der Waals surface area contributed by atoms with E-state index in [1.165, 1.54) is 16.3 Å². The van der Waals surface area contributed by atoms with Gasteiger partial charge >= 0.3 is 0 Å². The Hall–Kier alpha value is -1.91. The second-order valence-corrected chi connectivity index (χ2v) is 6.68. The van der Waals surface area contributed by atoms with Gasteiger partial charge < -0.3 is 14.9 Å². The Bertz CT molecular complexity index is 701. The van der Waals surface area contributed by atoms with Crippen LogP contribution in [0.4, 0.5) is 0 Å². The minimum absolute atomic E-state index is 0.168. The van der Waals surface area contributed by atoms with Crippen molar-refractivity contribution < 1.29 is 9.90 Å². The lowest BCUT2D eigenvalue weighted by molar-refractivity contribution is -0.131. The third kappa shape index (κ3) is 3.94. The number of carbonyl (C=O) groups excluding carboxylic acids is 1. The normalized spacial score (nSPS) is 19.0. The van der Waals surface area contributed by atoms with Crippen LogP contribution in [0, 0.1) is 0 Å². The van der Waals surface area contributed by atoms with E-state index in [0.29, 0.717) is 25.6 Å². The standard InChI is InChI=1S/C20H26N2O2/c1-21(12-13-23)19-8-9-20(24)22(11-10-19)15-16-6-7-17-4-2-3-5-18(17)14-16/h2-7,14,19,23H,8-13,15H2,1H3. The zero-order valence-electron chi connectivity index (χ0n) is 14.3. The van der Waals surface area contributed by atoms with Crippen LogP contribution in [0.2, 0.25) is 0 Å². The number of nitrogens with zero attached hydrogens (tertiary/aromatic N) is 2. The molecule has 1 fully saturated rings. The van der Waals surface area contributed by atoms with Crippen molar-refractivity contribution in [3.05, 3.63) is 48.0 Å². The van der Waals surface area contributed by atoms with E-state index in [-0.39, 0.29) is 12.5 Å². The van der Waals surface area contributed by atoms with E-state index in [9.17, 15) is 4.79 Å². The molecule has 0 saturated carbocycles. The quantitative estimate of drug-likeness (QED) is 0.919. The molecule has 4 heteroatoms. The first kappa shape index (κ1) is 16.9. The highest BCUT2D eigenvalue weighted by Gasteiger charge is 2.24. The molecule has 2 aromatic carbocycles. The number of amides is 1. The van der Waals surface area contributed by atoms with Gasteiger partial charge in [-0.25, -0.2) is 0 Å².